The van der Waals surface area contributed by atoms with Gasteiger partial charge in [-0.05, 0) is 32.4 Å². The van der Waals surface area contributed by atoms with E-state index in [1.54, 1.807) is 0 Å². The van der Waals surface area contributed by atoms with Crippen LogP contribution in [0.4, 0.5) is 5.82 Å². The highest BCUT2D eigenvalue weighted by Gasteiger charge is 2.15. The molecule has 0 bridgehead atoms. The van der Waals surface area contributed by atoms with Crippen LogP contribution in [-0.4, -0.2) is 16.5 Å². The molecule has 0 aliphatic rings. The Balaban J connectivity index is 2.44. The van der Waals surface area contributed by atoms with Gasteiger partial charge in [0.25, 0.3) is 0 Å². The van der Waals surface area contributed by atoms with Gasteiger partial charge < -0.3 is 10.1 Å². The maximum Gasteiger partial charge on any atom is 0.227 e. The number of ether oxygens (including phenoxy) is 1. The van der Waals surface area contributed by atoms with Crippen molar-refractivity contribution in [1.82, 2.24) is 9.97 Å². The van der Waals surface area contributed by atoms with Crippen LogP contribution in [0.1, 0.15) is 43.6 Å². The molecule has 0 spiro atoms. The lowest BCUT2D eigenvalue weighted by molar-refractivity contribution is 0.450. The zero-order valence-corrected chi connectivity index (χ0v) is 13.4. The number of nitrogens with zero attached hydrogens (tertiary/aromatic N) is 2. The van der Waals surface area contributed by atoms with Gasteiger partial charge in [0.2, 0.25) is 5.88 Å². The first-order valence-corrected chi connectivity index (χ1v) is 7.38. The topological polar surface area (TPSA) is 47.0 Å². The molecular weight excluding hydrogens is 262 g/mol. The molecule has 0 radical (unpaired) electrons. The van der Waals surface area contributed by atoms with Crippen molar-refractivity contribution in [3.8, 4) is 11.6 Å². The highest BCUT2D eigenvalue weighted by Crippen LogP contribution is 2.30. The first-order valence-electron chi connectivity index (χ1n) is 7.38. The Morgan fingerprint density at radius 2 is 1.86 bits per heavy atom. The Labute approximate surface area is 126 Å². The number of anilines is 1. The number of aryl methyl sites for hydroxylation is 1. The molecule has 0 unspecified atom stereocenters. The predicted octanol–water partition coefficient (Wildman–Crippen LogP) is 4.44. The van der Waals surface area contributed by atoms with E-state index in [4.69, 9.17) is 4.74 Å². The zero-order valence-electron chi connectivity index (χ0n) is 13.4. The summed E-state index contributed by atoms with van der Waals surface area (Å²) in [6.07, 6.45) is 0. The Kier molecular flexibility index (Phi) is 4.78. The first kappa shape index (κ1) is 15.3. The van der Waals surface area contributed by atoms with E-state index < -0.39 is 0 Å². The molecule has 1 aromatic carbocycles. The lowest BCUT2D eigenvalue weighted by atomic mass is 10.2. The van der Waals surface area contributed by atoms with Gasteiger partial charge in [0.05, 0.1) is 5.56 Å². The molecule has 2 rings (SSSR count). The second-order valence-corrected chi connectivity index (χ2v) is 5.41. The van der Waals surface area contributed by atoms with Crippen LogP contribution < -0.4 is 10.1 Å². The van der Waals surface area contributed by atoms with Crippen molar-refractivity contribution in [1.29, 1.82) is 0 Å². The van der Waals surface area contributed by atoms with Crippen molar-refractivity contribution in [2.24, 2.45) is 0 Å². The highest BCUT2D eigenvalue weighted by molar-refractivity contribution is 5.50. The summed E-state index contributed by atoms with van der Waals surface area (Å²) >= 11 is 0. The van der Waals surface area contributed by atoms with Gasteiger partial charge >= 0.3 is 0 Å². The van der Waals surface area contributed by atoms with E-state index in [9.17, 15) is 0 Å². The minimum absolute atomic E-state index is 0.252. The van der Waals surface area contributed by atoms with Crippen LogP contribution in [0.5, 0.6) is 11.6 Å². The van der Waals surface area contributed by atoms with Crippen LogP contribution in [0.15, 0.2) is 24.3 Å². The van der Waals surface area contributed by atoms with E-state index in [0.29, 0.717) is 5.88 Å². The summed E-state index contributed by atoms with van der Waals surface area (Å²) in [4.78, 5) is 9.16. The molecule has 1 N–H and O–H groups in total. The van der Waals surface area contributed by atoms with Crippen LogP contribution in [-0.2, 0) is 0 Å². The van der Waals surface area contributed by atoms with Gasteiger partial charge in [0.15, 0.2) is 0 Å². The highest BCUT2D eigenvalue weighted by atomic mass is 16.5. The fourth-order valence-corrected chi connectivity index (χ4v) is 1.98. The zero-order chi connectivity index (χ0) is 15.4. The van der Waals surface area contributed by atoms with Gasteiger partial charge in [-0.25, -0.2) is 4.98 Å². The van der Waals surface area contributed by atoms with Gasteiger partial charge in [0.1, 0.15) is 17.4 Å². The molecule has 21 heavy (non-hydrogen) atoms. The average Bonchev–Trinajstić information content (AvgIpc) is 2.45. The quantitative estimate of drug-likeness (QED) is 0.882. The van der Waals surface area contributed by atoms with Crippen molar-refractivity contribution in [2.45, 2.75) is 40.5 Å². The first-order chi connectivity index (χ1) is 10.0. The smallest absolute Gasteiger partial charge is 0.227 e. The summed E-state index contributed by atoms with van der Waals surface area (Å²) in [6, 6.07) is 7.95. The average molecular weight is 285 g/mol. The van der Waals surface area contributed by atoms with Crippen LogP contribution >= 0.6 is 0 Å². The molecule has 1 aromatic heterocycles. The molecule has 0 aliphatic carbocycles. The molecule has 4 nitrogen and oxygen atoms in total. The molecule has 1 heterocycles. The Hall–Kier alpha value is -2.10. The van der Waals surface area contributed by atoms with Crippen LogP contribution in [0.2, 0.25) is 0 Å². The van der Waals surface area contributed by atoms with Gasteiger partial charge in [-0.2, -0.15) is 4.98 Å². The standard InChI is InChI=1S/C17H23N3O/c1-6-18-16-13(5)17(20-15(19-16)11(2)3)21-14-10-8-7-9-12(14)4/h7-11H,6H2,1-5H3,(H,18,19,20). The molecule has 0 saturated carbocycles. The predicted molar refractivity (Wildman–Crippen MR) is 86.3 cm³/mol. The van der Waals surface area contributed by atoms with Crippen LogP contribution in [0.25, 0.3) is 0 Å². The molecule has 0 fully saturated rings. The summed E-state index contributed by atoms with van der Waals surface area (Å²) in [5.74, 6) is 3.34. The van der Waals surface area contributed by atoms with Gasteiger partial charge in [-0.3, -0.25) is 0 Å². The number of hydrogen-bond donors (Lipinski definition) is 1. The normalized spacial score (nSPS) is 10.8. The lowest BCUT2D eigenvalue weighted by Gasteiger charge is -2.15. The van der Waals surface area contributed by atoms with E-state index in [1.807, 2.05) is 38.1 Å². The van der Waals surface area contributed by atoms with E-state index in [1.165, 1.54) is 0 Å². The second kappa shape index (κ2) is 6.57. The third-order valence-corrected chi connectivity index (χ3v) is 3.28. The minimum atomic E-state index is 0.252. The Bertz CT molecular complexity index is 623. The van der Waals surface area contributed by atoms with E-state index in [0.717, 1.165) is 35.1 Å². The summed E-state index contributed by atoms with van der Waals surface area (Å²) in [5, 5.41) is 3.28. The number of hydrogen-bond acceptors (Lipinski definition) is 4. The molecular formula is C17H23N3O. The van der Waals surface area contributed by atoms with Crippen molar-refractivity contribution in [2.75, 3.05) is 11.9 Å². The molecule has 0 atom stereocenters. The fourth-order valence-electron chi connectivity index (χ4n) is 1.98. The summed E-state index contributed by atoms with van der Waals surface area (Å²) in [5.41, 5.74) is 2.02. The fraction of sp³-hybridized carbons (Fsp3) is 0.412. The number of aromatic nitrogens is 2. The number of rotatable bonds is 5. The lowest BCUT2D eigenvalue weighted by Crippen LogP contribution is -2.09. The van der Waals surface area contributed by atoms with Crippen LogP contribution in [0, 0.1) is 13.8 Å². The summed E-state index contributed by atoms with van der Waals surface area (Å²) in [6.45, 7) is 11.0. The number of benzene rings is 1. The molecule has 112 valence electrons. The van der Waals surface area contributed by atoms with Gasteiger partial charge in [-0.15, -0.1) is 0 Å². The summed E-state index contributed by atoms with van der Waals surface area (Å²) in [7, 11) is 0. The van der Waals surface area contributed by atoms with Gasteiger partial charge in [0, 0.05) is 12.5 Å². The monoisotopic (exact) mass is 285 g/mol. The minimum Gasteiger partial charge on any atom is -0.438 e. The third kappa shape index (κ3) is 3.51. The van der Waals surface area contributed by atoms with Gasteiger partial charge in [-0.1, -0.05) is 32.0 Å². The Morgan fingerprint density at radius 1 is 1.14 bits per heavy atom. The number of nitrogens with one attached hydrogen (secondary N) is 1. The largest absolute Gasteiger partial charge is 0.438 e. The van der Waals surface area contributed by atoms with Crippen molar-refractivity contribution in [3.63, 3.8) is 0 Å². The maximum atomic E-state index is 6.03. The molecule has 0 aliphatic heterocycles. The van der Waals surface area contributed by atoms with E-state index >= 15 is 0 Å². The summed E-state index contributed by atoms with van der Waals surface area (Å²) < 4.78 is 6.03. The third-order valence-electron chi connectivity index (χ3n) is 3.28. The van der Waals surface area contributed by atoms with Crippen molar-refractivity contribution < 1.29 is 4.74 Å². The second-order valence-electron chi connectivity index (χ2n) is 5.41. The molecule has 0 saturated heterocycles. The number of para-hydroxylation sites is 1. The van der Waals surface area contributed by atoms with Crippen molar-refractivity contribution >= 4 is 5.82 Å². The van der Waals surface area contributed by atoms with E-state index in [-0.39, 0.29) is 5.92 Å². The molecule has 2 aromatic rings. The van der Waals surface area contributed by atoms with E-state index in [2.05, 4.69) is 36.1 Å². The maximum absolute atomic E-state index is 6.03. The Morgan fingerprint density at radius 3 is 2.48 bits per heavy atom. The SMILES string of the molecule is CCNc1nc(C(C)C)nc(Oc2ccccc2C)c1C. The van der Waals surface area contributed by atoms with Crippen LogP contribution in [0.3, 0.4) is 0 Å². The molecule has 0 amide bonds. The van der Waals surface area contributed by atoms with Crippen molar-refractivity contribution in [3.05, 3.63) is 41.2 Å². The molecule has 4 heteroatoms.